The number of carbonyl (C=O) groups is 1. The Bertz CT molecular complexity index is 970. The second-order valence-corrected chi connectivity index (χ2v) is 8.48. The molecule has 27 heavy (non-hydrogen) atoms. The minimum absolute atomic E-state index is 0.124. The molecule has 0 spiro atoms. The summed E-state index contributed by atoms with van der Waals surface area (Å²) in [5.41, 5.74) is 1.42. The molecule has 142 valence electrons. The monoisotopic (exact) mass is 387 g/mol. The molecule has 0 N–H and O–H groups in total. The number of fused-ring (bicyclic) bond motifs is 2. The molecule has 0 radical (unpaired) electrons. The molecular weight excluding hydrogens is 366 g/mol. The highest BCUT2D eigenvalue weighted by atomic mass is 32.2. The second-order valence-electron chi connectivity index (χ2n) is 6.55. The molecule has 4 rings (SSSR count). The number of nitrogens with zero attached hydrogens (tertiary/aromatic N) is 3. The van der Waals surface area contributed by atoms with E-state index < -0.39 is 10.0 Å². The maximum Gasteiger partial charge on any atom is 0.266 e. The summed E-state index contributed by atoms with van der Waals surface area (Å²) in [5.74, 6) is -0.165. The lowest BCUT2D eigenvalue weighted by molar-refractivity contribution is -0.120. The van der Waals surface area contributed by atoms with Crippen molar-refractivity contribution in [2.24, 2.45) is 0 Å². The number of amides is 1. The molecular formula is C19H21N3O4S. The molecule has 0 saturated carbocycles. The maximum absolute atomic E-state index is 13.3. The van der Waals surface area contributed by atoms with Crippen LogP contribution in [0.5, 0.6) is 0 Å². The predicted octanol–water partition coefficient (Wildman–Crippen LogP) is 1.82. The summed E-state index contributed by atoms with van der Waals surface area (Å²) in [4.78, 5) is 17.0. The van der Waals surface area contributed by atoms with Crippen LogP contribution in [0, 0.1) is 0 Å². The van der Waals surface area contributed by atoms with Gasteiger partial charge in [0.15, 0.2) is 0 Å². The van der Waals surface area contributed by atoms with Crippen LogP contribution in [0.2, 0.25) is 0 Å². The van der Waals surface area contributed by atoms with E-state index in [0.717, 1.165) is 0 Å². The fourth-order valence-corrected chi connectivity index (χ4v) is 4.86. The maximum atomic E-state index is 13.3. The van der Waals surface area contributed by atoms with Crippen LogP contribution < -0.4 is 9.21 Å². The molecule has 7 nitrogen and oxygen atoms in total. The molecule has 0 aliphatic carbocycles. The lowest BCUT2D eigenvalue weighted by Crippen LogP contribution is -2.43. The van der Waals surface area contributed by atoms with E-state index in [1.54, 1.807) is 42.5 Å². The number of hydrogen-bond donors (Lipinski definition) is 0. The second kappa shape index (κ2) is 6.95. The van der Waals surface area contributed by atoms with Gasteiger partial charge in [-0.2, -0.15) is 0 Å². The first-order valence-electron chi connectivity index (χ1n) is 8.80. The van der Waals surface area contributed by atoms with E-state index in [1.807, 2.05) is 11.0 Å². The number of para-hydroxylation sites is 3. The molecule has 8 heteroatoms. The third-order valence-electron chi connectivity index (χ3n) is 4.92. The van der Waals surface area contributed by atoms with E-state index in [0.29, 0.717) is 43.4 Å². The summed E-state index contributed by atoms with van der Waals surface area (Å²) in [6.07, 6.45) is 0. The smallest absolute Gasteiger partial charge is 0.266 e. The predicted molar refractivity (Wildman–Crippen MR) is 103 cm³/mol. The lowest BCUT2D eigenvalue weighted by atomic mass is 10.2. The van der Waals surface area contributed by atoms with E-state index in [2.05, 4.69) is 0 Å². The number of rotatable bonds is 2. The fourth-order valence-electron chi connectivity index (χ4n) is 3.48. The highest BCUT2D eigenvalue weighted by Crippen LogP contribution is 2.43. The zero-order valence-corrected chi connectivity index (χ0v) is 15.9. The zero-order chi connectivity index (χ0) is 19.0. The molecule has 0 aromatic heterocycles. The van der Waals surface area contributed by atoms with Crippen molar-refractivity contribution in [3.63, 3.8) is 0 Å². The van der Waals surface area contributed by atoms with Gasteiger partial charge in [0.25, 0.3) is 10.0 Å². The van der Waals surface area contributed by atoms with Crippen molar-refractivity contribution in [1.82, 2.24) is 4.90 Å². The zero-order valence-electron chi connectivity index (χ0n) is 15.0. The van der Waals surface area contributed by atoms with Crippen LogP contribution in [0.1, 0.15) is 0 Å². The van der Waals surface area contributed by atoms with E-state index in [1.165, 1.54) is 16.3 Å². The molecule has 2 aromatic carbocycles. The molecule has 2 aliphatic heterocycles. The summed E-state index contributed by atoms with van der Waals surface area (Å²) in [7, 11) is -2.25. The Morgan fingerprint density at radius 2 is 1.56 bits per heavy atom. The van der Waals surface area contributed by atoms with Gasteiger partial charge in [0.1, 0.15) is 4.90 Å². The van der Waals surface area contributed by atoms with Crippen LogP contribution in [0.4, 0.5) is 17.1 Å². The number of sulfonamides is 1. The van der Waals surface area contributed by atoms with E-state index >= 15 is 0 Å². The van der Waals surface area contributed by atoms with Crippen molar-refractivity contribution < 1.29 is 17.9 Å². The first kappa shape index (κ1) is 18.0. The number of morpholine rings is 1. The molecule has 1 saturated heterocycles. The van der Waals surface area contributed by atoms with Crippen molar-refractivity contribution in [1.29, 1.82) is 0 Å². The Morgan fingerprint density at radius 3 is 2.26 bits per heavy atom. The average Bonchev–Trinajstić information content (AvgIpc) is 2.75. The van der Waals surface area contributed by atoms with Crippen LogP contribution in [-0.4, -0.2) is 59.1 Å². The average molecular weight is 387 g/mol. The van der Waals surface area contributed by atoms with Gasteiger partial charge < -0.3 is 4.74 Å². The third-order valence-corrected chi connectivity index (χ3v) is 6.74. The van der Waals surface area contributed by atoms with E-state index in [9.17, 15) is 13.2 Å². The summed E-state index contributed by atoms with van der Waals surface area (Å²) < 4.78 is 32.8. The third kappa shape index (κ3) is 3.09. The first-order valence-corrected chi connectivity index (χ1v) is 10.2. The van der Waals surface area contributed by atoms with Crippen LogP contribution in [0.15, 0.2) is 53.4 Å². The number of ether oxygens (including phenoxy) is 1. The largest absolute Gasteiger partial charge is 0.379 e. The van der Waals surface area contributed by atoms with Gasteiger partial charge in [0.05, 0.1) is 36.8 Å². The van der Waals surface area contributed by atoms with Gasteiger partial charge in [-0.25, -0.2) is 8.42 Å². The Morgan fingerprint density at radius 1 is 0.963 bits per heavy atom. The molecule has 0 bridgehead atoms. The van der Waals surface area contributed by atoms with Crippen LogP contribution in [-0.2, 0) is 19.6 Å². The summed E-state index contributed by atoms with van der Waals surface area (Å²) in [6, 6.07) is 13.7. The van der Waals surface area contributed by atoms with Crippen LogP contribution >= 0.6 is 0 Å². The van der Waals surface area contributed by atoms with Gasteiger partial charge in [-0.15, -0.1) is 0 Å². The minimum atomic E-state index is -3.76. The molecule has 0 atom stereocenters. The van der Waals surface area contributed by atoms with Gasteiger partial charge in [-0.1, -0.05) is 24.3 Å². The van der Waals surface area contributed by atoms with Crippen molar-refractivity contribution in [3.8, 4) is 0 Å². The van der Waals surface area contributed by atoms with Crippen LogP contribution in [0.3, 0.4) is 0 Å². The standard InChI is InChI=1S/C19H21N3O4S/c1-20-15-6-2-3-7-16(15)22(19(23)14-21-10-12-26-13-11-21)17-8-4-5-9-18(17)27(20,24)25/h2-9H,10-14H2,1H3. The number of carbonyl (C=O) groups excluding carboxylic acids is 1. The van der Waals surface area contributed by atoms with Gasteiger partial charge in [0, 0.05) is 20.1 Å². The van der Waals surface area contributed by atoms with E-state index in [4.69, 9.17) is 4.74 Å². The molecule has 1 amide bonds. The van der Waals surface area contributed by atoms with Gasteiger partial charge in [-0.3, -0.25) is 18.9 Å². The summed E-state index contributed by atoms with van der Waals surface area (Å²) >= 11 is 0. The topological polar surface area (TPSA) is 70.2 Å². The molecule has 2 aliphatic rings. The Hall–Kier alpha value is -2.42. The normalized spacial score (nSPS) is 19.1. The minimum Gasteiger partial charge on any atom is -0.379 e. The van der Waals surface area contributed by atoms with Gasteiger partial charge in [0.2, 0.25) is 5.91 Å². The summed E-state index contributed by atoms with van der Waals surface area (Å²) in [6.45, 7) is 2.76. The summed E-state index contributed by atoms with van der Waals surface area (Å²) in [5, 5.41) is 0. The number of hydrogen-bond acceptors (Lipinski definition) is 5. The van der Waals surface area contributed by atoms with Crippen molar-refractivity contribution in [3.05, 3.63) is 48.5 Å². The highest BCUT2D eigenvalue weighted by molar-refractivity contribution is 7.93. The molecule has 2 heterocycles. The fraction of sp³-hybridized carbons (Fsp3) is 0.316. The Labute approximate surface area is 158 Å². The van der Waals surface area contributed by atoms with Crippen molar-refractivity contribution in [2.45, 2.75) is 4.90 Å². The Kier molecular flexibility index (Phi) is 4.63. The molecule has 0 unspecified atom stereocenters. The SMILES string of the molecule is CN1c2ccccc2N(C(=O)CN2CCOCC2)c2ccccc2S1(=O)=O. The number of benzene rings is 2. The Balaban J connectivity index is 1.85. The molecule has 1 fully saturated rings. The number of anilines is 3. The molecule has 2 aromatic rings. The highest BCUT2D eigenvalue weighted by Gasteiger charge is 2.36. The quantitative estimate of drug-likeness (QED) is 0.786. The van der Waals surface area contributed by atoms with Crippen molar-refractivity contribution >= 4 is 33.0 Å². The van der Waals surface area contributed by atoms with E-state index in [-0.39, 0.29) is 17.3 Å². The van der Waals surface area contributed by atoms with Crippen molar-refractivity contribution in [2.75, 3.05) is 49.1 Å². The first-order chi connectivity index (χ1) is 13.0. The van der Waals surface area contributed by atoms with Gasteiger partial charge in [-0.05, 0) is 24.3 Å². The lowest BCUT2D eigenvalue weighted by Gasteiger charge is -2.30. The van der Waals surface area contributed by atoms with Gasteiger partial charge >= 0.3 is 0 Å². The van der Waals surface area contributed by atoms with Crippen LogP contribution in [0.25, 0.3) is 0 Å².